The highest BCUT2D eigenvalue weighted by atomic mass is 35.5. The molecule has 37 heavy (non-hydrogen) atoms. The lowest BCUT2D eigenvalue weighted by Gasteiger charge is -2.36. The van der Waals surface area contributed by atoms with Crippen LogP contribution >= 0.6 is 11.6 Å². The first-order valence-corrected chi connectivity index (χ1v) is 12.2. The van der Waals surface area contributed by atoms with E-state index in [1.165, 1.54) is 6.07 Å². The molecule has 3 aromatic carbocycles. The average Bonchev–Trinajstić information content (AvgIpc) is 2.99. The first-order chi connectivity index (χ1) is 17.7. The van der Waals surface area contributed by atoms with E-state index in [0.717, 1.165) is 16.8 Å². The second-order valence-electron chi connectivity index (χ2n) is 8.84. The van der Waals surface area contributed by atoms with Crippen molar-refractivity contribution in [3.05, 3.63) is 82.4 Å². The van der Waals surface area contributed by atoms with Gasteiger partial charge in [0, 0.05) is 33.9 Å². The summed E-state index contributed by atoms with van der Waals surface area (Å²) in [5.74, 6) is -0.212. The number of aromatic hydroxyl groups is 2. The summed E-state index contributed by atoms with van der Waals surface area (Å²) in [6, 6.07) is 16.8. The Morgan fingerprint density at radius 1 is 1.19 bits per heavy atom. The Hall–Kier alpha value is -3.79. The highest BCUT2D eigenvalue weighted by Gasteiger charge is 2.34. The standard InChI is InChI=1S/C27H30ClN5O4/c1-15(29)33-22-11-10-19(37-2)12-20(22)25(16-6-8-18(28)9-7-16)32-21(27(33)30)13-24(35)31-14-17-4-3-5-23(34)26(17)36/h3-12,15,21,27,34,36H,13-14,29-30H2,1-2H3,(H,31,35)/t15?,21-,27?/m0/s1. The molecule has 1 aliphatic rings. The number of carbonyl (C=O) groups excluding carboxylic acids is 1. The molecular formula is C27H30ClN5O4. The number of hydrogen-bond donors (Lipinski definition) is 5. The summed E-state index contributed by atoms with van der Waals surface area (Å²) >= 11 is 6.13. The topological polar surface area (TPSA) is 146 Å². The number of halogens is 1. The van der Waals surface area contributed by atoms with Crippen LogP contribution in [0.4, 0.5) is 5.69 Å². The highest BCUT2D eigenvalue weighted by molar-refractivity contribution is 6.30. The van der Waals surface area contributed by atoms with E-state index in [1.54, 1.807) is 31.4 Å². The number of nitrogens with zero attached hydrogens (tertiary/aromatic N) is 2. The Balaban J connectivity index is 1.71. The minimum atomic E-state index is -0.711. The quantitative estimate of drug-likeness (QED) is 0.299. The maximum atomic E-state index is 13.0. The molecule has 0 bridgehead atoms. The zero-order chi connectivity index (χ0) is 26.7. The lowest BCUT2D eigenvalue weighted by molar-refractivity contribution is -0.121. The molecule has 0 fully saturated rings. The molecule has 194 valence electrons. The molecule has 0 saturated heterocycles. The monoisotopic (exact) mass is 523 g/mol. The molecule has 1 amide bonds. The van der Waals surface area contributed by atoms with E-state index in [1.807, 2.05) is 42.2 Å². The van der Waals surface area contributed by atoms with Crippen LogP contribution in [0.25, 0.3) is 0 Å². The molecule has 0 radical (unpaired) electrons. The second-order valence-corrected chi connectivity index (χ2v) is 9.28. The summed E-state index contributed by atoms with van der Waals surface area (Å²) in [7, 11) is 1.59. The molecule has 9 nitrogen and oxygen atoms in total. The predicted molar refractivity (Wildman–Crippen MR) is 144 cm³/mol. The van der Waals surface area contributed by atoms with E-state index in [0.29, 0.717) is 22.0 Å². The van der Waals surface area contributed by atoms with Crippen LogP contribution in [-0.2, 0) is 11.3 Å². The number of methoxy groups -OCH3 is 1. The van der Waals surface area contributed by atoms with Crippen LogP contribution in [0.1, 0.15) is 30.0 Å². The van der Waals surface area contributed by atoms with Gasteiger partial charge in [-0.05, 0) is 43.3 Å². The van der Waals surface area contributed by atoms with Crippen molar-refractivity contribution < 1.29 is 19.7 Å². The van der Waals surface area contributed by atoms with Crippen LogP contribution in [0.3, 0.4) is 0 Å². The number of anilines is 1. The average molecular weight is 524 g/mol. The molecule has 1 aliphatic heterocycles. The van der Waals surface area contributed by atoms with Crippen molar-refractivity contribution in [2.75, 3.05) is 12.0 Å². The van der Waals surface area contributed by atoms with Crippen molar-refractivity contribution in [1.29, 1.82) is 0 Å². The number of fused-ring (bicyclic) bond motifs is 1. The molecule has 0 spiro atoms. The zero-order valence-corrected chi connectivity index (χ0v) is 21.3. The summed E-state index contributed by atoms with van der Waals surface area (Å²) in [5.41, 5.74) is 16.4. The van der Waals surface area contributed by atoms with Gasteiger partial charge in [-0.2, -0.15) is 0 Å². The van der Waals surface area contributed by atoms with E-state index in [4.69, 9.17) is 32.8 Å². The number of benzene rings is 3. The summed E-state index contributed by atoms with van der Waals surface area (Å²) in [6.45, 7) is 1.85. The molecule has 0 saturated carbocycles. The fraction of sp³-hybridized carbons (Fsp3) is 0.259. The van der Waals surface area contributed by atoms with Crippen LogP contribution in [-0.4, -0.2) is 47.3 Å². The van der Waals surface area contributed by atoms with Crippen molar-refractivity contribution in [2.45, 2.75) is 38.3 Å². The number of phenolic OH excluding ortho intramolecular Hbond substituents is 2. The Morgan fingerprint density at radius 2 is 1.92 bits per heavy atom. The first kappa shape index (κ1) is 26.3. The number of aliphatic imine (C=N–C) groups is 1. The molecular weight excluding hydrogens is 494 g/mol. The lowest BCUT2D eigenvalue weighted by Crippen LogP contribution is -2.56. The van der Waals surface area contributed by atoms with Crippen molar-refractivity contribution in [3.63, 3.8) is 0 Å². The number of benzodiazepines with no additional fused rings is 1. The molecule has 7 N–H and O–H groups in total. The van der Waals surface area contributed by atoms with Gasteiger partial charge in [0.1, 0.15) is 11.9 Å². The van der Waals surface area contributed by atoms with Crippen LogP contribution < -0.4 is 26.4 Å². The van der Waals surface area contributed by atoms with Gasteiger partial charge in [0.15, 0.2) is 11.5 Å². The fourth-order valence-electron chi connectivity index (χ4n) is 4.39. The Labute approximate surface area is 220 Å². The highest BCUT2D eigenvalue weighted by Crippen LogP contribution is 2.34. The van der Waals surface area contributed by atoms with Gasteiger partial charge in [0.2, 0.25) is 5.91 Å². The number of hydrogen-bond acceptors (Lipinski definition) is 8. The Bertz CT molecular complexity index is 1310. The van der Waals surface area contributed by atoms with Crippen LogP contribution in [0.2, 0.25) is 5.02 Å². The maximum Gasteiger partial charge on any atom is 0.222 e. The van der Waals surface area contributed by atoms with Crippen LogP contribution in [0.5, 0.6) is 17.2 Å². The van der Waals surface area contributed by atoms with Crippen molar-refractivity contribution in [3.8, 4) is 17.2 Å². The Kier molecular flexibility index (Phi) is 7.87. The first-order valence-electron chi connectivity index (χ1n) is 11.8. The van der Waals surface area contributed by atoms with E-state index in [2.05, 4.69) is 5.32 Å². The van der Waals surface area contributed by atoms with E-state index in [9.17, 15) is 15.0 Å². The predicted octanol–water partition coefficient (Wildman–Crippen LogP) is 3.08. The minimum absolute atomic E-state index is 0.0310. The van der Waals surface area contributed by atoms with Gasteiger partial charge < -0.3 is 36.6 Å². The lowest BCUT2D eigenvalue weighted by atomic mass is 9.99. The third-order valence-electron chi connectivity index (χ3n) is 6.27. The number of para-hydroxylation sites is 1. The van der Waals surface area contributed by atoms with Gasteiger partial charge in [-0.1, -0.05) is 35.9 Å². The number of nitrogens with one attached hydrogen (secondary N) is 1. The van der Waals surface area contributed by atoms with Gasteiger partial charge in [-0.15, -0.1) is 0 Å². The number of amides is 1. The number of phenols is 2. The van der Waals surface area contributed by atoms with Gasteiger partial charge >= 0.3 is 0 Å². The van der Waals surface area contributed by atoms with Crippen molar-refractivity contribution in [1.82, 2.24) is 5.32 Å². The number of rotatable bonds is 7. The number of ether oxygens (including phenoxy) is 1. The third kappa shape index (κ3) is 5.64. The normalized spacial score (nSPS) is 17.9. The number of carbonyl (C=O) groups is 1. The largest absolute Gasteiger partial charge is 0.504 e. The minimum Gasteiger partial charge on any atom is -0.504 e. The Morgan fingerprint density at radius 3 is 2.59 bits per heavy atom. The molecule has 1 heterocycles. The SMILES string of the molecule is COc1ccc2c(c1)C(c1ccc(Cl)cc1)=N[C@@H](CC(=O)NCc1cccc(O)c1O)C(N)N2C(C)N. The maximum absolute atomic E-state index is 13.0. The van der Waals surface area contributed by atoms with E-state index >= 15 is 0 Å². The fourth-order valence-corrected chi connectivity index (χ4v) is 4.51. The molecule has 3 aromatic rings. The van der Waals surface area contributed by atoms with Gasteiger partial charge in [0.05, 0.1) is 31.4 Å². The molecule has 4 rings (SSSR count). The summed E-state index contributed by atoms with van der Waals surface area (Å²) in [4.78, 5) is 19.8. The molecule has 0 aliphatic carbocycles. The summed E-state index contributed by atoms with van der Waals surface area (Å²) in [5, 5.41) is 23.1. The second kappa shape index (κ2) is 11.1. The van der Waals surface area contributed by atoms with Gasteiger partial charge in [-0.25, -0.2) is 0 Å². The third-order valence-corrected chi connectivity index (χ3v) is 6.52. The number of nitrogens with two attached hydrogens (primary N) is 2. The summed E-state index contributed by atoms with van der Waals surface area (Å²) < 4.78 is 5.47. The smallest absolute Gasteiger partial charge is 0.222 e. The van der Waals surface area contributed by atoms with Crippen LogP contribution in [0.15, 0.2) is 65.7 Å². The van der Waals surface area contributed by atoms with Crippen molar-refractivity contribution >= 4 is 28.9 Å². The molecule has 2 unspecified atom stereocenters. The molecule has 3 atom stereocenters. The summed E-state index contributed by atoms with van der Waals surface area (Å²) in [6.07, 6.45) is -1.22. The van der Waals surface area contributed by atoms with Crippen molar-refractivity contribution in [2.24, 2.45) is 16.5 Å². The van der Waals surface area contributed by atoms with E-state index < -0.39 is 18.4 Å². The molecule has 10 heteroatoms. The molecule has 0 aromatic heterocycles. The van der Waals surface area contributed by atoms with Gasteiger partial charge in [0.25, 0.3) is 0 Å². The van der Waals surface area contributed by atoms with Crippen LogP contribution in [0, 0.1) is 0 Å². The van der Waals surface area contributed by atoms with Gasteiger partial charge in [-0.3, -0.25) is 9.79 Å². The zero-order valence-electron chi connectivity index (χ0n) is 20.6. The van der Waals surface area contributed by atoms with E-state index in [-0.39, 0.29) is 30.4 Å².